The standard InChI is InChI=1S/C15H12Br2ClF/c1-8-6-13(16)9(2)5-12(8)15(18)11-4-3-10(19)7-14(11)17/h3-7,15H,1-2H3. The second-order valence-electron chi connectivity index (χ2n) is 4.49. The predicted molar refractivity (Wildman–Crippen MR) is 85.4 cm³/mol. The number of benzene rings is 2. The van der Waals surface area contributed by atoms with E-state index in [0.29, 0.717) is 4.47 Å². The number of aryl methyl sites for hydroxylation is 2. The number of halogens is 4. The molecule has 100 valence electrons. The second kappa shape index (κ2) is 5.94. The molecule has 0 radical (unpaired) electrons. The van der Waals surface area contributed by atoms with Crippen LogP contribution >= 0.6 is 43.5 Å². The molecule has 1 unspecified atom stereocenters. The second-order valence-corrected chi connectivity index (χ2v) is 6.63. The van der Waals surface area contributed by atoms with Gasteiger partial charge in [0.25, 0.3) is 0 Å². The Kier molecular flexibility index (Phi) is 4.70. The Hall–Kier alpha value is -0.380. The minimum absolute atomic E-state index is 0.275. The quantitative estimate of drug-likeness (QED) is 0.514. The summed E-state index contributed by atoms with van der Waals surface area (Å²) >= 11 is 13.4. The fourth-order valence-electron chi connectivity index (χ4n) is 1.95. The van der Waals surface area contributed by atoms with E-state index in [0.717, 1.165) is 26.7 Å². The first-order chi connectivity index (χ1) is 8.90. The highest BCUT2D eigenvalue weighted by molar-refractivity contribution is 9.10. The summed E-state index contributed by atoms with van der Waals surface area (Å²) in [5, 5.41) is -0.304. The Bertz CT molecular complexity index is 626. The fourth-order valence-corrected chi connectivity index (χ4v) is 3.55. The molecule has 2 rings (SSSR count). The van der Waals surface area contributed by atoms with Crippen LogP contribution in [0.5, 0.6) is 0 Å². The van der Waals surface area contributed by atoms with Gasteiger partial charge in [0, 0.05) is 8.95 Å². The van der Waals surface area contributed by atoms with Crippen molar-refractivity contribution in [2.75, 3.05) is 0 Å². The molecule has 0 aliphatic rings. The summed E-state index contributed by atoms with van der Waals surface area (Å²) < 4.78 is 14.9. The minimum atomic E-state index is -0.304. The van der Waals surface area contributed by atoms with E-state index in [-0.39, 0.29) is 11.2 Å². The van der Waals surface area contributed by atoms with Crippen LogP contribution in [0.15, 0.2) is 39.3 Å². The van der Waals surface area contributed by atoms with E-state index < -0.39 is 0 Å². The van der Waals surface area contributed by atoms with Crippen molar-refractivity contribution in [3.63, 3.8) is 0 Å². The van der Waals surface area contributed by atoms with E-state index in [1.54, 1.807) is 6.07 Å². The largest absolute Gasteiger partial charge is 0.207 e. The summed E-state index contributed by atoms with van der Waals surface area (Å²) in [6, 6.07) is 8.69. The molecule has 0 aromatic heterocycles. The number of hydrogen-bond acceptors (Lipinski definition) is 0. The van der Waals surface area contributed by atoms with E-state index in [1.807, 2.05) is 13.8 Å². The third kappa shape index (κ3) is 3.21. The molecule has 0 saturated carbocycles. The summed E-state index contributed by atoms with van der Waals surface area (Å²) in [6.07, 6.45) is 0. The summed E-state index contributed by atoms with van der Waals surface area (Å²) in [5.74, 6) is -0.275. The maximum atomic E-state index is 13.1. The summed E-state index contributed by atoms with van der Waals surface area (Å²) in [5.41, 5.74) is 4.14. The van der Waals surface area contributed by atoms with E-state index in [9.17, 15) is 4.39 Å². The van der Waals surface area contributed by atoms with Gasteiger partial charge >= 0.3 is 0 Å². The molecule has 0 heterocycles. The zero-order chi connectivity index (χ0) is 14.2. The molecule has 4 heteroatoms. The molecule has 2 aromatic rings. The average molecular weight is 407 g/mol. The fraction of sp³-hybridized carbons (Fsp3) is 0.200. The topological polar surface area (TPSA) is 0 Å². The van der Waals surface area contributed by atoms with Gasteiger partial charge in [-0.15, -0.1) is 11.6 Å². The third-order valence-electron chi connectivity index (χ3n) is 3.06. The van der Waals surface area contributed by atoms with Crippen LogP contribution < -0.4 is 0 Å². The Morgan fingerprint density at radius 3 is 2.26 bits per heavy atom. The molecule has 0 amide bonds. The van der Waals surface area contributed by atoms with Crippen LogP contribution in [0.3, 0.4) is 0 Å². The Balaban J connectivity index is 2.49. The Morgan fingerprint density at radius 1 is 0.947 bits per heavy atom. The van der Waals surface area contributed by atoms with Crippen molar-refractivity contribution >= 4 is 43.5 Å². The lowest BCUT2D eigenvalue weighted by Crippen LogP contribution is -1.99. The van der Waals surface area contributed by atoms with E-state index in [4.69, 9.17) is 11.6 Å². The van der Waals surface area contributed by atoms with Gasteiger partial charge in [-0.25, -0.2) is 4.39 Å². The van der Waals surface area contributed by atoms with Gasteiger partial charge in [-0.05, 0) is 54.3 Å². The lowest BCUT2D eigenvalue weighted by molar-refractivity contribution is 0.626. The molecule has 0 bridgehead atoms. The molecule has 0 spiro atoms. The van der Waals surface area contributed by atoms with Crippen molar-refractivity contribution in [3.8, 4) is 0 Å². The normalized spacial score (nSPS) is 12.5. The summed E-state index contributed by atoms with van der Waals surface area (Å²) in [7, 11) is 0. The first-order valence-corrected chi connectivity index (χ1v) is 7.78. The van der Waals surface area contributed by atoms with Crippen LogP contribution in [-0.4, -0.2) is 0 Å². The van der Waals surface area contributed by atoms with Crippen molar-refractivity contribution < 1.29 is 4.39 Å². The Morgan fingerprint density at radius 2 is 1.63 bits per heavy atom. The van der Waals surface area contributed by atoms with E-state index in [1.165, 1.54) is 12.1 Å². The predicted octanol–water partition coefficient (Wildman–Crippen LogP) is 6.30. The number of alkyl halides is 1. The molecule has 0 aliphatic heterocycles. The van der Waals surface area contributed by atoms with Gasteiger partial charge in [0.15, 0.2) is 0 Å². The highest BCUT2D eigenvalue weighted by Gasteiger charge is 2.17. The van der Waals surface area contributed by atoms with Crippen LogP contribution in [0.1, 0.15) is 27.6 Å². The lowest BCUT2D eigenvalue weighted by Gasteiger charge is -2.16. The smallest absolute Gasteiger partial charge is 0.124 e. The zero-order valence-electron chi connectivity index (χ0n) is 10.5. The van der Waals surface area contributed by atoms with Crippen molar-refractivity contribution in [3.05, 3.63) is 67.3 Å². The maximum Gasteiger partial charge on any atom is 0.124 e. The van der Waals surface area contributed by atoms with Gasteiger partial charge in [-0.2, -0.15) is 0 Å². The monoisotopic (exact) mass is 404 g/mol. The van der Waals surface area contributed by atoms with Gasteiger partial charge in [0.05, 0.1) is 5.38 Å². The van der Waals surface area contributed by atoms with E-state index in [2.05, 4.69) is 44.0 Å². The summed E-state index contributed by atoms with van der Waals surface area (Å²) in [4.78, 5) is 0. The molecule has 19 heavy (non-hydrogen) atoms. The van der Waals surface area contributed by atoms with Crippen LogP contribution in [0.25, 0.3) is 0 Å². The maximum absolute atomic E-state index is 13.1. The van der Waals surface area contributed by atoms with Crippen LogP contribution in [0, 0.1) is 19.7 Å². The van der Waals surface area contributed by atoms with Crippen molar-refractivity contribution in [2.45, 2.75) is 19.2 Å². The van der Waals surface area contributed by atoms with Gasteiger partial charge in [0.1, 0.15) is 5.82 Å². The number of hydrogen-bond donors (Lipinski definition) is 0. The first-order valence-electron chi connectivity index (χ1n) is 5.76. The van der Waals surface area contributed by atoms with Gasteiger partial charge < -0.3 is 0 Å². The highest BCUT2D eigenvalue weighted by Crippen LogP contribution is 2.37. The zero-order valence-corrected chi connectivity index (χ0v) is 14.4. The van der Waals surface area contributed by atoms with Crippen LogP contribution in [0.4, 0.5) is 4.39 Å². The van der Waals surface area contributed by atoms with Crippen molar-refractivity contribution in [2.24, 2.45) is 0 Å². The first kappa shape index (κ1) is 15.0. The summed E-state index contributed by atoms with van der Waals surface area (Å²) in [6.45, 7) is 4.04. The van der Waals surface area contributed by atoms with Crippen molar-refractivity contribution in [1.82, 2.24) is 0 Å². The van der Waals surface area contributed by atoms with Gasteiger partial charge in [-0.1, -0.05) is 44.0 Å². The lowest BCUT2D eigenvalue weighted by atomic mass is 9.98. The van der Waals surface area contributed by atoms with E-state index >= 15 is 0 Å². The molecule has 2 aromatic carbocycles. The molecule has 1 atom stereocenters. The molecule has 0 aliphatic carbocycles. The Labute approximate surface area is 134 Å². The minimum Gasteiger partial charge on any atom is -0.207 e. The third-order valence-corrected chi connectivity index (χ3v) is 5.07. The highest BCUT2D eigenvalue weighted by atomic mass is 79.9. The van der Waals surface area contributed by atoms with Gasteiger partial charge in [-0.3, -0.25) is 0 Å². The molecule has 0 saturated heterocycles. The number of rotatable bonds is 2. The molecular formula is C15H12Br2ClF. The van der Waals surface area contributed by atoms with Crippen LogP contribution in [-0.2, 0) is 0 Å². The average Bonchev–Trinajstić information content (AvgIpc) is 2.33. The molecule has 0 fully saturated rings. The van der Waals surface area contributed by atoms with Crippen molar-refractivity contribution in [1.29, 1.82) is 0 Å². The molecule has 0 N–H and O–H groups in total. The molecule has 0 nitrogen and oxygen atoms in total. The van der Waals surface area contributed by atoms with Crippen LogP contribution in [0.2, 0.25) is 0 Å². The van der Waals surface area contributed by atoms with Gasteiger partial charge in [0.2, 0.25) is 0 Å². The molecular weight excluding hydrogens is 394 g/mol. The SMILES string of the molecule is Cc1cc(C(Cl)c2ccc(F)cc2Br)c(C)cc1Br.